The molecule has 0 saturated heterocycles. The Hall–Kier alpha value is -1.54. The number of hydrazine groups is 2. The molecule has 0 aromatic carbocycles. The van der Waals surface area contributed by atoms with E-state index in [2.05, 4.69) is 21.7 Å². The summed E-state index contributed by atoms with van der Waals surface area (Å²) in [7, 11) is 0. The maximum atomic E-state index is 10.3. The van der Waals surface area contributed by atoms with Gasteiger partial charge in [-0.25, -0.2) is 20.4 Å². The molecule has 8 nitrogen and oxygen atoms in total. The molecule has 0 aliphatic heterocycles. The van der Waals surface area contributed by atoms with Crippen molar-refractivity contribution in [3.63, 3.8) is 0 Å². The molecule has 0 aliphatic carbocycles. The average molecular weight is 232 g/mol. The van der Waals surface area contributed by atoms with Gasteiger partial charge in [-0.1, -0.05) is 12.8 Å². The number of carbonyl (C=O) groups excluding carboxylic acids is 2. The van der Waals surface area contributed by atoms with Gasteiger partial charge >= 0.3 is 12.1 Å². The summed E-state index contributed by atoms with van der Waals surface area (Å²) in [5.41, 5.74) is 19.6. The summed E-state index contributed by atoms with van der Waals surface area (Å²) in [6.07, 6.45) is 3.96. The van der Waals surface area contributed by atoms with E-state index in [9.17, 15) is 9.59 Å². The number of nitrogens with one attached hydrogen (secondary N) is 4. The second-order valence-corrected chi connectivity index (χ2v) is 3.25. The van der Waals surface area contributed by atoms with E-state index in [1.807, 2.05) is 0 Å². The molecule has 0 aliphatic rings. The number of urea groups is 2. The molecule has 94 valence electrons. The van der Waals surface area contributed by atoms with Crippen LogP contribution in [0.5, 0.6) is 0 Å². The predicted octanol–water partition coefficient (Wildman–Crippen LogP) is -1.11. The van der Waals surface area contributed by atoms with E-state index in [4.69, 9.17) is 11.5 Å². The first kappa shape index (κ1) is 14.5. The van der Waals surface area contributed by atoms with Gasteiger partial charge in [-0.15, -0.1) is 0 Å². The van der Waals surface area contributed by atoms with Gasteiger partial charge in [-0.05, 0) is 12.8 Å². The molecule has 0 spiro atoms. The molecule has 0 aromatic rings. The van der Waals surface area contributed by atoms with Gasteiger partial charge in [0.05, 0.1) is 0 Å². The summed E-state index contributed by atoms with van der Waals surface area (Å²) in [5, 5.41) is 0. The Kier molecular flexibility index (Phi) is 9.03. The molecule has 0 rings (SSSR count). The Labute approximate surface area is 94.4 Å². The van der Waals surface area contributed by atoms with Crippen molar-refractivity contribution < 1.29 is 9.59 Å². The van der Waals surface area contributed by atoms with E-state index in [1.165, 1.54) is 0 Å². The smallest absolute Gasteiger partial charge is 0.326 e. The van der Waals surface area contributed by atoms with Gasteiger partial charge < -0.3 is 11.5 Å². The Morgan fingerprint density at radius 1 is 0.750 bits per heavy atom. The fourth-order valence-electron chi connectivity index (χ4n) is 1.08. The largest absolute Gasteiger partial charge is 0.351 e. The number of unbranched alkanes of at least 4 members (excludes halogenated alkanes) is 3. The van der Waals surface area contributed by atoms with Crippen LogP contribution >= 0.6 is 0 Å². The van der Waals surface area contributed by atoms with Crippen LogP contribution < -0.4 is 33.2 Å². The van der Waals surface area contributed by atoms with Crippen LogP contribution in [-0.4, -0.2) is 25.2 Å². The molecule has 4 amide bonds. The lowest BCUT2D eigenvalue weighted by Gasteiger charge is -2.05. The van der Waals surface area contributed by atoms with Crippen LogP contribution in [0.15, 0.2) is 0 Å². The van der Waals surface area contributed by atoms with Crippen molar-refractivity contribution in [1.82, 2.24) is 21.7 Å². The van der Waals surface area contributed by atoms with Crippen molar-refractivity contribution >= 4 is 12.1 Å². The highest BCUT2D eigenvalue weighted by molar-refractivity contribution is 5.71. The second kappa shape index (κ2) is 9.99. The third kappa shape index (κ3) is 12.5. The highest BCUT2D eigenvalue weighted by Gasteiger charge is 1.93. The topological polar surface area (TPSA) is 134 Å². The Morgan fingerprint density at radius 3 is 1.44 bits per heavy atom. The molecule has 0 saturated carbocycles. The summed E-state index contributed by atoms with van der Waals surface area (Å²) < 4.78 is 0. The minimum absolute atomic E-state index is 0.582. The van der Waals surface area contributed by atoms with Crippen molar-refractivity contribution in [3.8, 4) is 0 Å². The van der Waals surface area contributed by atoms with Gasteiger partial charge in [0, 0.05) is 13.1 Å². The third-order valence-corrected chi connectivity index (χ3v) is 1.78. The van der Waals surface area contributed by atoms with Crippen LogP contribution in [-0.2, 0) is 0 Å². The minimum Gasteiger partial charge on any atom is -0.351 e. The van der Waals surface area contributed by atoms with E-state index >= 15 is 0 Å². The number of hydrogen-bond donors (Lipinski definition) is 6. The lowest BCUT2D eigenvalue weighted by molar-refractivity contribution is 0.243. The molecule has 8 heteroatoms. The molecule has 0 bridgehead atoms. The number of hydrogen-bond acceptors (Lipinski definition) is 4. The summed E-state index contributed by atoms with van der Waals surface area (Å²) in [6.45, 7) is 1.38. The van der Waals surface area contributed by atoms with Crippen molar-refractivity contribution in [2.24, 2.45) is 11.5 Å². The minimum atomic E-state index is -0.582. The fourth-order valence-corrected chi connectivity index (χ4v) is 1.08. The van der Waals surface area contributed by atoms with E-state index in [0.717, 1.165) is 25.7 Å². The molecular weight excluding hydrogens is 212 g/mol. The third-order valence-electron chi connectivity index (χ3n) is 1.78. The maximum absolute atomic E-state index is 10.3. The Balaban J connectivity index is 2.98. The number of nitrogens with two attached hydrogens (primary N) is 2. The Morgan fingerprint density at radius 2 is 1.12 bits per heavy atom. The predicted molar refractivity (Wildman–Crippen MR) is 59.9 cm³/mol. The monoisotopic (exact) mass is 232 g/mol. The molecule has 0 unspecified atom stereocenters. The molecule has 0 aromatic heterocycles. The molecule has 8 N–H and O–H groups in total. The van der Waals surface area contributed by atoms with Crippen LogP contribution in [0.4, 0.5) is 9.59 Å². The number of carbonyl (C=O) groups is 2. The SMILES string of the molecule is NC(=O)NNCCCCCCNNC(N)=O. The van der Waals surface area contributed by atoms with Gasteiger partial charge in [0.25, 0.3) is 0 Å². The van der Waals surface area contributed by atoms with Crippen LogP contribution in [0.25, 0.3) is 0 Å². The highest BCUT2D eigenvalue weighted by Crippen LogP contribution is 1.96. The van der Waals surface area contributed by atoms with Crippen molar-refractivity contribution in [1.29, 1.82) is 0 Å². The van der Waals surface area contributed by atoms with Crippen LogP contribution in [0.1, 0.15) is 25.7 Å². The van der Waals surface area contributed by atoms with Gasteiger partial charge in [-0.2, -0.15) is 0 Å². The van der Waals surface area contributed by atoms with Crippen molar-refractivity contribution in [2.45, 2.75) is 25.7 Å². The second-order valence-electron chi connectivity index (χ2n) is 3.25. The lowest BCUT2D eigenvalue weighted by Crippen LogP contribution is -2.41. The quantitative estimate of drug-likeness (QED) is 0.222. The molecule has 0 fully saturated rings. The molecule has 0 radical (unpaired) electrons. The van der Waals surface area contributed by atoms with E-state index in [1.54, 1.807) is 0 Å². The maximum Gasteiger partial charge on any atom is 0.326 e. The van der Waals surface area contributed by atoms with E-state index in [0.29, 0.717) is 13.1 Å². The molecular formula is C8H20N6O2. The van der Waals surface area contributed by atoms with Crippen LogP contribution in [0, 0.1) is 0 Å². The number of primary amides is 2. The van der Waals surface area contributed by atoms with Gasteiger partial charge in [0.15, 0.2) is 0 Å². The first-order chi connectivity index (χ1) is 7.63. The zero-order valence-corrected chi connectivity index (χ0v) is 9.21. The first-order valence-corrected chi connectivity index (χ1v) is 5.19. The van der Waals surface area contributed by atoms with Gasteiger partial charge in [0.1, 0.15) is 0 Å². The number of rotatable bonds is 9. The molecule has 0 atom stereocenters. The van der Waals surface area contributed by atoms with Crippen LogP contribution in [0.3, 0.4) is 0 Å². The summed E-state index contributed by atoms with van der Waals surface area (Å²) >= 11 is 0. The first-order valence-electron chi connectivity index (χ1n) is 5.19. The van der Waals surface area contributed by atoms with Gasteiger partial charge in [0.2, 0.25) is 0 Å². The van der Waals surface area contributed by atoms with E-state index < -0.39 is 12.1 Å². The zero-order valence-electron chi connectivity index (χ0n) is 9.21. The fraction of sp³-hybridized carbons (Fsp3) is 0.750. The lowest BCUT2D eigenvalue weighted by atomic mass is 10.2. The van der Waals surface area contributed by atoms with Crippen LogP contribution in [0.2, 0.25) is 0 Å². The normalized spacial score (nSPS) is 9.75. The summed E-state index contributed by atoms with van der Waals surface area (Å²) in [5.74, 6) is 0. The molecule has 0 heterocycles. The average Bonchev–Trinajstić information content (AvgIpc) is 2.20. The van der Waals surface area contributed by atoms with Crippen molar-refractivity contribution in [2.75, 3.05) is 13.1 Å². The highest BCUT2D eigenvalue weighted by atomic mass is 16.2. The summed E-state index contributed by atoms with van der Waals surface area (Å²) in [6, 6.07) is -1.16. The summed E-state index contributed by atoms with van der Waals surface area (Å²) in [4.78, 5) is 20.5. The zero-order chi connectivity index (χ0) is 12.2. The van der Waals surface area contributed by atoms with Crippen molar-refractivity contribution in [3.05, 3.63) is 0 Å². The standard InChI is InChI=1S/C8H20N6O2/c9-7(15)13-11-5-3-1-2-4-6-12-14-8(10)16/h11-12H,1-6H2,(H3,9,13,15)(H3,10,14,16). The Bertz CT molecular complexity index is 189. The number of amides is 4. The molecule has 16 heavy (non-hydrogen) atoms. The van der Waals surface area contributed by atoms with Gasteiger partial charge in [-0.3, -0.25) is 10.9 Å². The van der Waals surface area contributed by atoms with E-state index in [-0.39, 0.29) is 0 Å².